The summed E-state index contributed by atoms with van der Waals surface area (Å²) in [6.07, 6.45) is 3.43. The van der Waals surface area contributed by atoms with E-state index in [2.05, 4.69) is 10.1 Å². The van der Waals surface area contributed by atoms with Crippen molar-refractivity contribution < 1.29 is 4.39 Å². The monoisotopic (exact) mass is 282 g/mol. The van der Waals surface area contributed by atoms with Crippen molar-refractivity contribution in [1.82, 2.24) is 14.8 Å². The van der Waals surface area contributed by atoms with Crippen LogP contribution in [0.2, 0.25) is 0 Å². The molecule has 0 atom stereocenters. The average molecular weight is 282 g/mol. The number of rotatable bonds is 2. The molecule has 106 valence electrons. The van der Waals surface area contributed by atoms with Gasteiger partial charge in [-0.25, -0.2) is 4.39 Å². The van der Waals surface area contributed by atoms with Gasteiger partial charge in [0.25, 0.3) is 0 Å². The molecule has 21 heavy (non-hydrogen) atoms. The average Bonchev–Trinajstić information content (AvgIpc) is 2.78. The van der Waals surface area contributed by atoms with Crippen molar-refractivity contribution in [3.05, 3.63) is 54.1 Å². The molecule has 0 aliphatic carbocycles. The molecular weight excluding hydrogens is 267 g/mol. The molecule has 4 nitrogen and oxygen atoms in total. The van der Waals surface area contributed by atoms with E-state index in [1.807, 2.05) is 19.1 Å². The van der Waals surface area contributed by atoms with Crippen LogP contribution in [0.15, 0.2) is 42.7 Å². The molecule has 0 bridgehead atoms. The van der Waals surface area contributed by atoms with E-state index < -0.39 is 0 Å². The number of nitrogen functional groups attached to an aromatic ring is 1. The van der Waals surface area contributed by atoms with Crippen LogP contribution in [0.25, 0.3) is 22.4 Å². The lowest BCUT2D eigenvalue weighted by Crippen LogP contribution is -1.98. The molecule has 0 amide bonds. The van der Waals surface area contributed by atoms with E-state index in [4.69, 9.17) is 5.73 Å². The number of benzene rings is 1. The molecule has 0 aliphatic rings. The van der Waals surface area contributed by atoms with Gasteiger partial charge < -0.3 is 5.73 Å². The smallest absolute Gasteiger partial charge is 0.129 e. The number of pyridine rings is 1. The number of nitrogens with two attached hydrogens (primary N) is 1. The molecule has 0 spiro atoms. The molecule has 2 N–H and O–H groups in total. The fourth-order valence-electron chi connectivity index (χ4n) is 2.37. The third-order valence-corrected chi connectivity index (χ3v) is 3.50. The molecule has 5 heteroatoms. The third kappa shape index (κ3) is 2.27. The first-order chi connectivity index (χ1) is 10.1. The Hall–Kier alpha value is -2.69. The van der Waals surface area contributed by atoms with Gasteiger partial charge in [0.05, 0.1) is 5.56 Å². The van der Waals surface area contributed by atoms with Gasteiger partial charge in [0.2, 0.25) is 0 Å². The Bertz CT molecular complexity index is 794. The lowest BCUT2D eigenvalue weighted by Gasteiger charge is -2.07. The number of nitrogens with zero attached hydrogens (tertiary/aromatic N) is 3. The largest absolute Gasteiger partial charge is 0.383 e. The van der Waals surface area contributed by atoms with Gasteiger partial charge in [-0.15, -0.1) is 0 Å². The van der Waals surface area contributed by atoms with Crippen molar-refractivity contribution in [2.75, 3.05) is 5.73 Å². The maximum atomic E-state index is 13.6. The number of anilines is 1. The Kier molecular flexibility index (Phi) is 3.17. The Morgan fingerprint density at radius 2 is 2.05 bits per heavy atom. The van der Waals surface area contributed by atoms with Crippen molar-refractivity contribution in [1.29, 1.82) is 0 Å². The molecule has 0 saturated heterocycles. The van der Waals surface area contributed by atoms with Gasteiger partial charge in [0.1, 0.15) is 17.3 Å². The number of aryl methyl sites for hydroxylation is 2. The van der Waals surface area contributed by atoms with Gasteiger partial charge >= 0.3 is 0 Å². The summed E-state index contributed by atoms with van der Waals surface area (Å²) >= 11 is 0. The van der Waals surface area contributed by atoms with Crippen LogP contribution >= 0.6 is 0 Å². The lowest BCUT2D eigenvalue weighted by molar-refractivity contribution is 0.627. The molecule has 2 heterocycles. The number of hydrogen-bond acceptors (Lipinski definition) is 3. The molecular formula is C16H15FN4. The van der Waals surface area contributed by atoms with E-state index in [9.17, 15) is 4.39 Å². The summed E-state index contributed by atoms with van der Waals surface area (Å²) in [6.45, 7) is 1.92. The second-order valence-electron chi connectivity index (χ2n) is 4.93. The standard InChI is InChI=1S/C16H15FN4/c1-10-5-6-12(17)8-13(10)15-14(16(18)21(2)20-15)11-4-3-7-19-9-11/h3-9H,18H2,1-2H3. The highest BCUT2D eigenvalue weighted by Crippen LogP contribution is 2.36. The molecule has 2 aromatic heterocycles. The first-order valence-corrected chi connectivity index (χ1v) is 6.57. The molecule has 3 rings (SSSR count). The van der Waals surface area contributed by atoms with E-state index >= 15 is 0 Å². The van der Waals surface area contributed by atoms with Gasteiger partial charge in [-0.1, -0.05) is 12.1 Å². The van der Waals surface area contributed by atoms with Crippen LogP contribution < -0.4 is 5.73 Å². The van der Waals surface area contributed by atoms with Crippen molar-refractivity contribution >= 4 is 5.82 Å². The maximum absolute atomic E-state index is 13.6. The second-order valence-corrected chi connectivity index (χ2v) is 4.93. The minimum Gasteiger partial charge on any atom is -0.383 e. The molecule has 0 fully saturated rings. The fraction of sp³-hybridized carbons (Fsp3) is 0.125. The number of hydrogen-bond donors (Lipinski definition) is 1. The van der Waals surface area contributed by atoms with Crippen molar-refractivity contribution in [2.45, 2.75) is 6.92 Å². The molecule has 0 aliphatic heterocycles. The zero-order chi connectivity index (χ0) is 15.0. The van der Waals surface area contributed by atoms with Crippen molar-refractivity contribution in [2.24, 2.45) is 7.05 Å². The van der Waals surface area contributed by atoms with Gasteiger partial charge in [0.15, 0.2) is 0 Å². The van der Waals surface area contributed by atoms with Gasteiger partial charge in [-0.3, -0.25) is 9.67 Å². The summed E-state index contributed by atoms with van der Waals surface area (Å²) in [5.74, 6) is 0.235. The Balaban J connectivity index is 2.29. The third-order valence-electron chi connectivity index (χ3n) is 3.50. The van der Waals surface area contributed by atoms with Crippen LogP contribution in [0.1, 0.15) is 5.56 Å². The Morgan fingerprint density at radius 3 is 2.76 bits per heavy atom. The van der Waals surface area contributed by atoms with E-state index in [1.165, 1.54) is 12.1 Å². The highest BCUT2D eigenvalue weighted by molar-refractivity contribution is 5.88. The molecule has 0 saturated carbocycles. The summed E-state index contributed by atoms with van der Waals surface area (Å²) in [5.41, 5.74) is 10.1. The first-order valence-electron chi connectivity index (χ1n) is 6.57. The van der Waals surface area contributed by atoms with Crippen LogP contribution in [-0.4, -0.2) is 14.8 Å². The van der Waals surface area contributed by atoms with Crippen molar-refractivity contribution in [3.63, 3.8) is 0 Å². The summed E-state index contributed by atoms with van der Waals surface area (Å²) in [7, 11) is 1.77. The van der Waals surface area contributed by atoms with Crippen LogP contribution in [-0.2, 0) is 7.05 Å². The quantitative estimate of drug-likeness (QED) is 0.785. The Labute approximate surface area is 122 Å². The minimum atomic E-state index is -0.294. The zero-order valence-corrected chi connectivity index (χ0v) is 11.8. The number of halogens is 1. The second kappa shape index (κ2) is 5.01. The van der Waals surface area contributed by atoms with Crippen molar-refractivity contribution in [3.8, 4) is 22.4 Å². The van der Waals surface area contributed by atoms with Crippen LogP contribution in [0.5, 0.6) is 0 Å². The van der Waals surface area contributed by atoms with E-state index in [-0.39, 0.29) is 5.82 Å². The predicted molar refractivity (Wildman–Crippen MR) is 81.0 cm³/mol. The van der Waals surface area contributed by atoms with Crippen LogP contribution in [0, 0.1) is 12.7 Å². The number of aromatic nitrogens is 3. The van der Waals surface area contributed by atoms with Gasteiger partial charge in [-0.05, 0) is 30.7 Å². The molecule has 3 aromatic rings. The summed E-state index contributed by atoms with van der Waals surface area (Å²) < 4.78 is 15.2. The maximum Gasteiger partial charge on any atom is 0.129 e. The normalized spacial score (nSPS) is 10.8. The Morgan fingerprint density at radius 1 is 1.24 bits per heavy atom. The summed E-state index contributed by atoms with van der Waals surface area (Å²) in [6, 6.07) is 8.41. The van der Waals surface area contributed by atoms with Crippen LogP contribution in [0.4, 0.5) is 10.2 Å². The fourth-order valence-corrected chi connectivity index (χ4v) is 2.37. The van der Waals surface area contributed by atoms with E-state index in [0.717, 1.165) is 22.3 Å². The minimum absolute atomic E-state index is 0.294. The van der Waals surface area contributed by atoms with E-state index in [1.54, 1.807) is 30.2 Å². The molecule has 0 unspecified atom stereocenters. The molecule has 0 radical (unpaired) electrons. The topological polar surface area (TPSA) is 56.7 Å². The first kappa shape index (κ1) is 13.3. The summed E-state index contributed by atoms with van der Waals surface area (Å²) in [4.78, 5) is 4.12. The lowest BCUT2D eigenvalue weighted by atomic mass is 9.99. The summed E-state index contributed by atoms with van der Waals surface area (Å²) in [5, 5.41) is 4.46. The van der Waals surface area contributed by atoms with Gasteiger partial charge in [-0.2, -0.15) is 5.10 Å². The highest BCUT2D eigenvalue weighted by Gasteiger charge is 2.19. The zero-order valence-electron chi connectivity index (χ0n) is 11.8. The SMILES string of the molecule is Cc1ccc(F)cc1-c1nn(C)c(N)c1-c1cccnc1. The van der Waals surface area contributed by atoms with Gasteiger partial charge in [0, 0.05) is 30.6 Å². The molecule has 1 aromatic carbocycles. The highest BCUT2D eigenvalue weighted by atomic mass is 19.1. The predicted octanol–water partition coefficient (Wildman–Crippen LogP) is 3.18. The van der Waals surface area contributed by atoms with Crippen LogP contribution in [0.3, 0.4) is 0 Å². The van der Waals surface area contributed by atoms with E-state index in [0.29, 0.717) is 11.5 Å².